The van der Waals surface area contributed by atoms with Gasteiger partial charge in [-0.05, 0) is 36.1 Å². The molecule has 0 aliphatic carbocycles. The summed E-state index contributed by atoms with van der Waals surface area (Å²) in [6.45, 7) is 9.80. The maximum atomic E-state index is 12.4. The third-order valence-electron chi connectivity index (χ3n) is 4.51. The van der Waals surface area contributed by atoms with Gasteiger partial charge in [0.1, 0.15) is 0 Å². The summed E-state index contributed by atoms with van der Waals surface area (Å²) < 4.78 is 5.22. The minimum Gasteiger partial charge on any atom is -0.459 e. The van der Waals surface area contributed by atoms with Crippen LogP contribution in [0, 0.1) is 6.92 Å². The van der Waals surface area contributed by atoms with Gasteiger partial charge in [-0.15, -0.1) is 0 Å². The SMILES string of the molecule is Cc1cccc(C(C)C)c1N1CCN(C(=O)c2ccco2)CC1. The highest BCUT2D eigenvalue weighted by Gasteiger charge is 2.25. The van der Waals surface area contributed by atoms with Gasteiger partial charge in [-0.2, -0.15) is 0 Å². The Morgan fingerprint density at radius 1 is 1.09 bits per heavy atom. The highest BCUT2D eigenvalue weighted by atomic mass is 16.3. The predicted molar refractivity (Wildman–Crippen MR) is 92.1 cm³/mol. The molecule has 0 bridgehead atoms. The lowest BCUT2D eigenvalue weighted by atomic mass is 9.97. The quantitative estimate of drug-likeness (QED) is 0.867. The van der Waals surface area contributed by atoms with Gasteiger partial charge < -0.3 is 14.2 Å². The van der Waals surface area contributed by atoms with E-state index in [0.717, 1.165) is 26.2 Å². The number of anilines is 1. The van der Waals surface area contributed by atoms with Crippen LogP contribution in [0.15, 0.2) is 41.0 Å². The number of hydrogen-bond acceptors (Lipinski definition) is 3. The van der Waals surface area contributed by atoms with E-state index in [1.807, 2.05) is 4.90 Å². The molecule has 1 aromatic heterocycles. The van der Waals surface area contributed by atoms with Gasteiger partial charge in [-0.25, -0.2) is 0 Å². The normalized spacial score (nSPS) is 15.3. The number of carbonyl (C=O) groups excluding carboxylic acids is 1. The Bertz CT molecular complexity index is 669. The molecule has 1 aliphatic heterocycles. The molecule has 1 amide bonds. The van der Waals surface area contributed by atoms with Crippen LogP contribution < -0.4 is 4.90 Å². The van der Waals surface area contributed by atoms with Crippen LogP contribution in [0.4, 0.5) is 5.69 Å². The van der Waals surface area contributed by atoms with Crippen molar-refractivity contribution in [2.75, 3.05) is 31.1 Å². The Kier molecular flexibility index (Phi) is 4.42. The fourth-order valence-electron chi connectivity index (χ4n) is 3.27. The third-order valence-corrected chi connectivity index (χ3v) is 4.51. The monoisotopic (exact) mass is 312 g/mol. The molecule has 3 rings (SSSR count). The first kappa shape index (κ1) is 15.7. The van der Waals surface area contributed by atoms with Crippen LogP contribution in [0.3, 0.4) is 0 Å². The minimum atomic E-state index is -0.0106. The maximum absolute atomic E-state index is 12.4. The van der Waals surface area contributed by atoms with Crippen molar-refractivity contribution >= 4 is 11.6 Å². The number of carbonyl (C=O) groups is 1. The Morgan fingerprint density at radius 3 is 2.43 bits per heavy atom. The molecule has 1 fully saturated rings. The summed E-state index contributed by atoms with van der Waals surface area (Å²) in [5.74, 6) is 0.911. The third kappa shape index (κ3) is 3.11. The van der Waals surface area contributed by atoms with Gasteiger partial charge in [0.2, 0.25) is 0 Å². The van der Waals surface area contributed by atoms with Crippen LogP contribution in [0.1, 0.15) is 41.4 Å². The molecular weight excluding hydrogens is 288 g/mol. The van der Waals surface area contributed by atoms with Gasteiger partial charge in [0.25, 0.3) is 5.91 Å². The predicted octanol–water partition coefficient (Wildman–Crippen LogP) is 3.67. The van der Waals surface area contributed by atoms with Crippen molar-refractivity contribution in [1.82, 2.24) is 4.90 Å². The van der Waals surface area contributed by atoms with Gasteiger partial charge in [0.15, 0.2) is 5.76 Å². The van der Waals surface area contributed by atoms with E-state index >= 15 is 0 Å². The van der Waals surface area contributed by atoms with E-state index in [9.17, 15) is 4.79 Å². The average molecular weight is 312 g/mol. The molecular formula is C19H24N2O2. The van der Waals surface area contributed by atoms with E-state index in [1.54, 1.807) is 18.4 Å². The van der Waals surface area contributed by atoms with Crippen LogP contribution in [-0.4, -0.2) is 37.0 Å². The Balaban J connectivity index is 1.74. The molecule has 0 radical (unpaired) electrons. The largest absolute Gasteiger partial charge is 0.459 e. The van der Waals surface area contributed by atoms with E-state index in [-0.39, 0.29) is 5.91 Å². The number of para-hydroxylation sites is 1. The van der Waals surface area contributed by atoms with Crippen LogP contribution in [0.5, 0.6) is 0 Å². The van der Waals surface area contributed by atoms with E-state index in [1.165, 1.54) is 16.8 Å². The first-order valence-electron chi connectivity index (χ1n) is 8.25. The minimum absolute atomic E-state index is 0.0106. The summed E-state index contributed by atoms with van der Waals surface area (Å²) in [6.07, 6.45) is 1.55. The van der Waals surface area contributed by atoms with Gasteiger partial charge in [-0.1, -0.05) is 32.0 Å². The summed E-state index contributed by atoms with van der Waals surface area (Å²) >= 11 is 0. The van der Waals surface area contributed by atoms with Crippen molar-refractivity contribution in [2.45, 2.75) is 26.7 Å². The highest BCUT2D eigenvalue weighted by Crippen LogP contribution is 2.31. The second-order valence-electron chi connectivity index (χ2n) is 6.42. The Morgan fingerprint density at radius 2 is 1.83 bits per heavy atom. The lowest BCUT2D eigenvalue weighted by Gasteiger charge is -2.38. The molecule has 4 nitrogen and oxygen atoms in total. The zero-order valence-electron chi connectivity index (χ0n) is 14.1. The van der Waals surface area contributed by atoms with Crippen LogP contribution in [0.2, 0.25) is 0 Å². The van der Waals surface area contributed by atoms with Crippen LogP contribution in [0.25, 0.3) is 0 Å². The molecule has 1 aliphatic rings. The lowest BCUT2D eigenvalue weighted by molar-refractivity contribution is 0.0714. The fraction of sp³-hybridized carbons (Fsp3) is 0.421. The van der Waals surface area contributed by atoms with Gasteiger partial charge in [0, 0.05) is 31.9 Å². The molecule has 0 saturated carbocycles. The average Bonchev–Trinajstić information content (AvgIpc) is 3.08. The van der Waals surface area contributed by atoms with Crippen molar-refractivity contribution in [2.24, 2.45) is 0 Å². The molecule has 23 heavy (non-hydrogen) atoms. The molecule has 0 atom stereocenters. The number of amides is 1. The maximum Gasteiger partial charge on any atom is 0.289 e. The van der Waals surface area contributed by atoms with E-state index in [4.69, 9.17) is 4.42 Å². The highest BCUT2D eigenvalue weighted by molar-refractivity contribution is 5.91. The molecule has 2 heterocycles. The number of furan rings is 1. The van der Waals surface area contributed by atoms with Crippen molar-refractivity contribution < 1.29 is 9.21 Å². The molecule has 0 spiro atoms. The van der Waals surface area contributed by atoms with Crippen molar-refractivity contribution in [3.05, 3.63) is 53.5 Å². The number of aryl methyl sites for hydroxylation is 1. The van der Waals surface area contributed by atoms with Gasteiger partial charge >= 0.3 is 0 Å². The summed E-state index contributed by atoms with van der Waals surface area (Å²) in [5.41, 5.74) is 4.03. The van der Waals surface area contributed by atoms with E-state index < -0.39 is 0 Å². The smallest absolute Gasteiger partial charge is 0.289 e. The number of nitrogens with zero attached hydrogens (tertiary/aromatic N) is 2. The molecule has 1 aromatic carbocycles. The second-order valence-corrected chi connectivity index (χ2v) is 6.42. The first-order chi connectivity index (χ1) is 11.1. The van der Waals surface area contributed by atoms with Crippen LogP contribution in [-0.2, 0) is 0 Å². The lowest BCUT2D eigenvalue weighted by Crippen LogP contribution is -2.49. The number of rotatable bonds is 3. The molecule has 122 valence electrons. The topological polar surface area (TPSA) is 36.7 Å². The Labute approximate surface area is 137 Å². The summed E-state index contributed by atoms with van der Waals surface area (Å²) in [5, 5.41) is 0. The molecule has 1 saturated heterocycles. The molecule has 0 N–H and O–H groups in total. The van der Waals surface area contributed by atoms with E-state index in [2.05, 4.69) is 43.9 Å². The Hall–Kier alpha value is -2.23. The standard InChI is InChI=1S/C19H24N2O2/c1-14(2)16-7-4-6-15(3)18(16)20-9-11-21(12-10-20)19(22)17-8-5-13-23-17/h4-8,13-14H,9-12H2,1-3H3. The van der Waals surface area contributed by atoms with Crippen molar-refractivity contribution in [3.63, 3.8) is 0 Å². The van der Waals surface area contributed by atoms with E-state index in [0.29, 0.717) is 11.7 Å². The summed E-state index contributed by atoms with van der Waals surface area (Å²) in [6, 6.07) is 10.00. The number of piperazine rings is 1. The summed E-state index contributed by atoms with van der Waals surface area (Å²) in [4.78, 5) is 16.7. The van der Waals surface area contributed by atoms with Gasteiger partial charge in [0.05, 0.1) is 6.26 Å². The molecule has 2 aromatic rings. The van der Waals surface area contributed by atoms with Crippen molar-refractivity contribution in [3.8, 4) is 0 Å². The fourth-order valence-corrected chi connectivity index (χ4v) is 3.27. The first-order valence-corrected chi connectivity index (χ1v) is 8.25. The van der Waals surface area contributed by atoms with Gasteiger partial charge in [-0.3, -0.25) is 4.79 Å². The second kappa shape index (κ2) is 6.49. The zero-order valence-corrected chi connectivity index (χ0v) is 14.1. The van der Waals surface area contributed by atoms with Crippen molar-refractivity contribution in [1.29, 1.82) is 0 Å². The summed E-state index contributed by atoms with van der Waals surface area (Å²) in [7, 11) is 0. The molecule has 0 unspecified atom stereocenters. The number of hydrogen-bond donors (Lipinski definition) is 0. The molecule has 4 heteroatoms. The number of benzene rings is 1. The zero-order chi connectivity index (χ0) is 16.4. The van der Waals surface area contributed by atoms with Crippen LogP contribution >= 0.6 is 0 Å².